The SMILES string of the molecule is Cc1ccc(S(=O)(=O)N(CC(=O)NN=C2CCCCC2)c2cccc(Cl)c2C)cc1. The van der Waals surface area contributed by atoms with Crippen molar-refractivity contribution in [2.24, 2.45) is 5.10 Å². The Morgan fingerprint density at radius 3 is 2.40 bits per heavy atom. The fourth-order valence-corrected chi connectivity index (χ4v) is 5.03. The summed E-state index contributed by atoms with van der Waals surface area (Å²) in [7, 11) is -3.98. The molecule has 30 heavy (non-hydrogen) atoms. The summed E-state index contributed by atoms with van der Waals surface area (Å²) in [6, 6.07) is 11.5. The first-order valence-electron chi connectivity index (χ1n) is 9.98. The van der Waals surface area contributed by atoms with Crippen LogP contribution in [0.3, 0.4) is 0 Å². The highest BCUT2D eigenvalue weighted by Crippen LogP contribution is 2.30. The predicted molar refractivity (Wildman–Crippen MR) is 121 cm³/mol. The van der Waals surface area contributed by atoms with Gasteiger partial charge in [-0.05, 0) is 69.4 Å². The second kappa shape index (κ2) is 9.62. The van der Waals surface area contributed by atoms with Crippen molar-refractivity contribution >= 4 is 38.9 Å². The summed E-state index contributed by atoms with van der Waals surface area (Å²) < 4.78 is 27.9. The molecule has 2 aromatic carbocycles. The molecule has 6 nitrogen and oxygen atoms in total. The molecule has 1 saturated carbocycles. The molecule has 0 saturated heterocycles. The first-order valence-corrected chi connectivity index (χ1v) is 11.8. The van der Waals surface area contributed by atoms with E-state index in [2.05, 4.69) is 10.5 Å². The van der Waals surface area contributed by atoms with Gasteiger partial charge in [0.1, 0.15) is 6.54 Å². The molecule has 0 aromatic heterocycles. The van der Waals surface area contributed by atoms with Crippen molar-refractivity contribution in [1.29, 1.82) is 0 Å². The Bertz CT molecular complexity index is 1040. The molecule has 1 aliphatic carbocycles. The van der Waals surface area contributed by atoms with Gasteiger partial charge in [0.25, 0.3) is 15.9 Å². The van der Waals surface area contributed by atoms with Crippen molar-refractivity contribution in [2.45, 2.75) is 50.8 Å². The topological polar surface area (TPSA) is 78.8 Å². The maximum Gasteiger partial charge on any atom is 0.264 e. The summed E-state index contributed by atoms with van der Waals surface area (Å²) in [6.07, 6.45) is 5.01. The number of aryl methyl sites for hydroxylation is 1. The number of anilines is 1. The number of nitrogens with zero attached hydrogens (tertiary/aromatic N) is 2. The van der Waals surface area contributed by atoms with Crippen LogP contribution in [0, 0.1) is 13.8 Å². The fraction of sp³-hybridized carbons (Fsp3) is 0.364. The molecule has 8 heteroatoms. The first kappa shape index (κ1) is 22.3. The number of nitrogens with one attached hydrogen (secondary N) is 1. The number of carbonyl (C=O) groups excluding carboxylic acids is 1. The number of amides is 1. The lowest BCUT2D eigenvalue weighted by atomic mass is 9.99. The van der Waals surface area contributed by atoms with Crippen LogP contribution in [0.2, 0.25) is 5.02 Å². The summed E-state index contributed by atoms with van der Waals surface area (Å²) in [4.78, 5) is 12.8. The predicted octanol–water partition coefficient (Wildman–Crippen LogP) is 4.59. The lowest BCUT2D eigenvalue weighted by molar-refractivity contribution is -0.119. The molecule has 0 atom stereocenters. The smallest absolute Gasteiger partial charge is 0.264 e. The van der Waals surface area contributed by atoms with Crippen LogP contribution in [0.15, 0.2) is 52.5 Å². The third kappa shape index (κ3) is 5.21. The monoisotopic (exact) mass is 447 g/mol. The number of hydrogen-bond acceptors (Lipinski definition) is 4. The number of carbonyl (C=O) groups is 1. The maximum absolute atomic E-state index is 13.4. The Kier molecular flexibility index (Phi) is 7.15. The van der Waals surface area contributed by atoms with Crippen LogP contribution in [-0.4, -0.2) is 26.6 Å². The lowest BCUT2D eigenvalue weighted by Crippen LogP contribution is -2.40. The minimum Gasteiger partial charge on any atom is -0.271 e. The Morgan fingerprint density at radius 1 is 1.07 bits per heavy atom. The van der Waals surface area contributed by atoms with Gasteiger partial charge in [-0.2, -0.15) is 5.10 Å². The number of benzene rings is 2. The van der Waals surface area contributed by atoms with E-state index in [1.807, 2.05) is 6.92 Å². The molecule has 0 radical (unpaired) electrons. The van der Waals surface area contributed by atoms with E-state index in [0.717, 1.165) is 41.3 Å². The summed E-state index contributed by atoms with van der Waals surface area (Å²) in [6.45, 7) is 3.22. The van der Waals surface area contributed by atoms with Crippen LogP contribution in [0.4, 0.5) is 5.69 Å². The van der Waals surface area contributed by atoms with Gasteiger partial charge in [0.05, 0.1) is 10.6 Å². The minimum absolute atomic E-state index is 0.110. The number of sulfonamides is 1. The van der Waals surface area contributed by atoms with Gasteiger partial charge >= 0.3 is 0 Å². The van der Waals surface area contributed by atoms with E-state index in [9.17, 15) is 13.2 Å². The normalized spacial score (nSPS) is 14.3. The molecule has 0 bridgehead atoms. The molecule has 0 heterocycles. The lowest BCUT2D eigenvalue weighted by Gasteiger charge is -2.25. The number of hydrazone groups is 1. The Hall–Kier alpha value is -2.38. The standard InChI is InChI=1S/C22H26ClN3O3S/c1-16-11-13-19(14-12-16)30(28,29)26(21-10-6-9-20(23)17(21)2)15-22(27)25-24-18-7-4-3-5-8-18/h6,9-14H,3-5,7-8,15H2,1-2H3,(H,25,27). The van der Waals surface area contributed by atoms with Gasteiger partial charge in [-0.3, -0.25) is 9.10 Å². The molecule has 0 aliphatic heterocycles. The van der Waals surface area contributed by atoms with E-state index in [1.165, 1.54) is 18.6 Å². The van der Waals surface area contributed by atoms with E-state index in [-0.39, 0.29) is 4.90 Å². The number of halogens is 1. The molecule has 1 fully saturated rings. The third-order valence-electron chi connectivity index (χ3n) is 5.17. The summed E-state index contributed by atoms with van der Waals surface area (Å²) in [5.41, 5.74) is 5.37. The van der Waals surface area contributed by atoms with Gasteiger partial charge in [0.2, 0.25) is 0 Å². The number of rotatable bonds is 6. The van der Waals surface area contributed by atoms with Crippen molar-refractivity contribution in [3.63, 3.8) is 0 Å². The summed E-state index contributed by atoms with van der Waals surface area (Å²) in [5, 5.41) is 4.64. The van der Waals surface area contributed by atoms with Crippen molar-refractivity contribution in [2.75, 3.05) is 10.8 Å². The van der Waals surface area contributed by atoms with Crippen LogP contribution < -0.4 is 9.73 Å². The zero-order valence-corrected chi connectivity index (χ0v) is 18.8. The molecule has 160 valence electrons. The Balaban J connectivity index is 1.92. The van der Waals surface area contributed by atoms with Gasteiger partial charge in [0, 0.05) is 10.7 Å². The van der Waals surface area contributed by atoms with Gasteiger partial charge in [-0.1, -0.05) is 41.8 Å². The Labute approximate surface area is 183 Å². The quantitative estimate of drug-likeness (QED) is 0.658. The highest BCUT2D eigenvalue weighted by atomic mass is 35.5. The zero-order chi connectivity index (χ0) is 21.7. The van der Waals surface area contributed by atoms with Crippen LogP contribution in [0.25, 0.3) is 0 Å². The molecular weight excluding hydrogens is 422 g/mol. The van der Waals surface area contributed by atoms with Gasteiger partial charge in [-0.25, -0.2) is 13.8 Å². The van der Waals surface area contributed by atoms with Crippen LogP contribution in [0.1, 0.15) is 43.2 Å². The summed E-state index contributed by atoms with van der Waals surface area (Å²) >= 11 is 6.23. The molecule has 2 aromatic rings. The zero-order valence-electron chi connectivity index (χ0n) is 17.2. The van der Waals surface area contributed by atoms with E-state index in [0.29, 0.717) is 16.3 Å². The number of hydrogen-bond donors (Lipinski definition) is 1. The first-order chi connectivity index (χ1) is 14.3. The summed E-state index contributed by atoms with van der Waals surface area (Å²) in [5.74, 6) is -0.497. The van der Waals surface area contributed by atoms with Crippen molar-refractivity contribution in [3.05, 3.63) is 58.6 Å². The molecule has 1 aliphatic rings. The van der Waals surface area contributed by atoms with Crippen LogP contribution in [-0.2, 0) is 14.8 Å². The van der Waals surface area contributed by atoms with E-state index >= 15 is 0 Å². The van der Waals surface area contributed by atoms with E-state index in [1.54, 1.807) is 37.3 Å². The van der Waals surface area contributed by atoms with Crippen molar-refractivity contribution in [3.8, 4) is 0 Å². The van der Waals surface area contributed by atoms with E-state index < -0.39 is 22.5 Å². The van der Waals surface area contributed by atoms with Gasteiger partial charge in [-0.15, -0.1) is 0 Å². The van der Waals surface area contributed by atoms with Crippen molar-refractivity contribution in [1.82, 2.24) is 5.43 Å². The van der Waals surface area contributed by atoms with Gasteiger partial charge in [0.15, 0.2) is 0 Å². The minimum atomic E-state index is -3.98. The van der Waals surface area contributed by atoms with Gasteiger partial charge < -0.3 is 0 Å². The maximum atomic E-state index is 13.4. The fourth-order valence-electron chi connectivity index (χ4n) is 3.38. The molecular formula is C22H26ClN3O3S. The largest absolute Gasteiger partial charge is 0.271 e. The third-order valence-corrected chi connectivity index (χ3v) is 7.36. The Morgan fingerprint density at radius 2 is 1.73 bits per heavy atom. The highest BCUT2D eigenvalue weighted by molar-refractivity contribution is 7.92. The molecule has 0 spiro atoms. The molecule has 1 amide bonds. The average Bonchev–Trinajstić information content (AvgIpc) is 2.74. The second-order valence-electron chi connectivity index (χ2n) is 7.48. The van der Waals surface area contributed by atoms with Crippen LogP contribution >= 0.6 is 11.6 Å². The van der Waals surface area contributed by atoms with E-state index in [4.69, 9.17) is 11.6 Å². The molecule has 1 N–H and O–H groups in total. The highest BCUT2D eigenvalue weighted by Gasteiger charge is 2.28. The second-order valence-corrected chi connectivity index (χ2v) is 9.75. The van der Waals surface area contributed by atoms with Crippen molar-refractivity contribution < 1.29 is 13.2 Å². The van der Waals surface area contributed by atoms with Crippen LogP contribution in [0.5, 0.6) is 0 Å². The molecule has 0 unspecified atom stereocenters. The average molecular weight is 448 g/mol. The molecule has 3 rings (SSSR count).